The van der Waals surface area contributed by atoms with Crippen LogP contribution in [-0.2, 0) is 23.9 Å². The van der Waals surface area contributed by atoms with Crippen LogP contribution in [0, 0.1) is 13.8 Å². The van der Waals surface area contributed by atoms with Crippen molar-refractivity contribution >= 4 is 29.5 Å². The van der Waals surface area contributed by atoms with Gasteiger partial charge < -0.3 is 24.8 Å². The van der Waals surface area contributed by atoms with Crippen molar-refractivity contribution in [2.24, 2.45) is 0 Å². The second kappa shape index (κ2) is 12.9. The molecule has 0 saturated heterocycles. The fourth-order valence-electron chi connectivity index (χ4n) is 4.24. The molecule has 10 heteroatoms. The average molecular weight is 499 g/mol. The Hall–Kier alpha value is -3.69. The standard InChI is InChI=1S/C26H34N4O6/c1-4-35-24(33)16-30(23(32)14-13-22(31)28-21-15-18(3)36-29-21)25(19-11-9-17(2)10-12-19)26(34)27-20-7-5-6-8-20/h9-12,15,20,25H,4-8,13-14,16H2,1-3H3,(H,27,34)(H,28,29,31)/t25-/m0/s1. The summed E-state index contributed by atoms with van der Waals surface area (Å²) in [6, 6.07) is 7.81. The van der Waals surface area contributed by atoms with Gasteiger partial charge in [-0.05, 0) is 39.2 Å². The molecule has 2 N–H and O–H groups in total. The number of carbonyl (C=O) groups is 4. The van der Waals surface area contributed by atoms with E-state index < -0.39 is 30.4 Å². The lowest BCUT2D eigenvalue weighted by atomic mass is 10.0. The van der Waals surface area contributed by atoms with Crippen molar-refractivity contribution in [3.63, 3.8) is 0 Å². The first-order valence-corrected chi connectivity index (χ1v) is 12.3. The van der Waals surface area contributed by atoms with Gasteiger partial charge in [0.15, 0.2) is 5.82 Å². The van der Waals surface area contributed by atoms with E-state index in [9.17, 15) is 19.2 Å². The Bertz CT molecular complexity index is 1060. The molecule has 194 valence electrons. The second-order valence-electron chi connectivity index (χ2n) is 9.00. The van der Waals surface area contributed by atoms with Crippen molar-refractivity contribution in [2.75, 3.05) is 18.5 Å². The minimum Gasteiger partial charge on any atom is -0.465 e. The normalized spacial score (nSPS) is 14.2. The number of carbonyl (C=O) groups excluding carboxylic acids is 4. The van der Waals surface area contributed by atoms with Gasteiger partial charge in [-0.2, -0.15) is 0 Å². The Balaban J connectivity index is 1.81. The van der Waals surface area contributed by atoms with Gasteiger partial charge in [0.2, 0.25) is 17.7 Å². The predicted octanol–water partition coefficient (Wildman–Crippen LogP) is 3.20. The van der Waals surface area contributed by atoms with Gasteiger partial charge in [0.1, 0.15) is 18.3 Å². The molecule has 3 rings (SSSR count). The number of nitrogens with zero attached hydrogens (tertiary/aromatic N) is 2. The highest BCUT2D eigenvalue weighted by Crippen LogP contribution is 2.25. The van der Waals surface area contributed by atoms with Gasteiger partial charge in [0.25, 0.3) is 0 Å². The second-order valence-corrected chi connectivity index (χ2v) is 9.00. The largest absolute Gasteiger partial charge is 0.465 e. The Labute approximate surface area is 210 Å². The number of hydrogen-bond donors (Lipinski definition) is 2. The number of nitrogens with one attached hydrogen (secondary N) is 2. The summed E-state index contributed by atoms with van der Waals surface area (Å²) in [6.45, 7) is 5.02. The predicted molar refractivity (Wildman–Crippen MR) is 132 cm³/mol. The van der Waals surface area contributed by atoms with Crippen molar-refractivity contribution in [3.05, 3.63) is 47.2 Å². The number of ether oxygens (including phenoxy) is 1. The molecule has 1 saturated carbocycles. The van der Waals surface area contributed by atoms with Crippen LogP contribution < -0.4 is 10.6 Å². The Morgan fingerprint density at radius 1 is 1.11 bits per heavy atom. The van der Waals surface area contributed by atoms with Crippen LogP contribution in [-0.4, -0.2) is 52.9 Å². The molecule has 0 bridgehead atoms. The number of rotatable bonds is 11. The molecule has 1 aliphatic carbocycles. The summed E-state index contributed by atoms with van der Waals surface area (Å²) < 4.78 is 10.0. The highest BCUT2D eigenvalue weighted by atomic mass is 16.5. The summed E-state index contributed by atoms with van der Waals surface area (Å²) in [4.78, 5) is 52.9. The van der Waals surface area contributed by atoms with Gasteiger partial charge in [-0.15, -0.1) is 0 Å². The monoisotopic (exact) mass is 498 g/mol. The average Bonchev–Trinajstić information content (AvgIpc) is 3.50. The summed E-state index contributed by atoms with van der Waals surface area (Å²) in [6.07, 6.45) is 3.45. The highest BCUT2D eigenvalue weighted by Gasteiger charge is 2.34. The molecule has 1 aliphatic rings. The zero-order valence-corrected chi connectivity index (χ0v) is 21.0. The molecule has 0 unspecified atom stereocenters. The lowest BCUT2D eigenvalue weighted by Gasteiger charge is -2.31. The number of amides is 3. The Morgan fingerprint density at radius 2 is 1.81 bits per heavy atom. The van der Waals surface area contributed by atoms with Gasteiger partial charge in [0, 0.05) is 24.9 Å². The number of benzene rings is 1. The molecule has 2 aromatic rings. The van der Waals surface area contributed by atoms with E-state index in [0.29, 0.717) is 11.3 Å². The molecule has 1 fully saturated rings. The quantitative estimate of drug-likeness (QED) is 0.455. The van der Waals surface area contributed by atoms with Gasteiger partial charge in [-0.25, -0.2) is 0 Å². The van der Waals surface area contributed by atoms with Gasteiger partial charge in [-0.3, -0.25) is 19.2 Å². The molecule has 1 aromatic heterocycles. The van der Waals surface area contributed by atoms with Crippen LogP contribution in [0.3, 0.4) is 0 Å². The summed E-state index contributed by atoms with van der Waals surface area (Å²) in [5, 5.41) is 9.33. The zero-order valence-electron chi connectivity index (χ0n) is 21.0. The maximum Gasteiger partial charge on any atom is 0.325 e. The lowest BCUT2D eigenvalue weighted by Crippen LogP contribution is -2.48. The lowest BCUT2D eigenvalue weighted by molar-refractivity contribution is -0.152. The Morgan fingerprint density at radius 3 is 2.42 bits per heavy atom. The highest BCUT2D eigenvalue weighted by molar-refractivity contribution is 5.95. The molecular weight excluding hydrogens is 464 g/mol. The zero-order chi connectivity index (χ0) is 26.1. The number of anilines is 1. The van der Waals surface area contributed by atoms with Crippen molar-refractivity contribution in [1.29, 1.82) is 0 Å². The van der Waals surface area contributed by atoms with Crippen molar-refractivity contribution in [1.82, 2.24) is 15.4 Å². The third-order valence-electron chi connectivity index (χ3n) is 6.04. The van der Waals surface area contributed by atoms with E-state index in [1.807, 2.05) is 19.1 Å². The fourth-order valence-corrected chi connectivity index (χ4v) is 4.24. The van der Waals surface area contributed by atoms with Crippen LogP contribution in [0.1, 0.15) is 68.4 Å². The molecule has 0 radical (unpaired) electrons. The summed E-state index contributed by atoms with van der Waals surface area (Å²) in [5.41, 5.74) is 1.58. The molecule has 0 aliphatic heterocycles. The first-order chi connectivity index (χ1) is 17.3. The van der Waals surface area contributed by atoms with E-state index in [0.717, 1.165) is 31.2 Å². The molecule has 10 nitrogen and oxygen atoms in total. The molecule has 1 heterocycles. The van der Waals surface area contributed by atoms with Crippen LogP contribution >= 0.6 is 0 Å². The molecule has 3 amide bonds. The SMILES string of the molecule is CCOC(=O)CN(C(=O)CCC(=O)Nc1cc(C)on1)[C@H](C(=O)NC1CCCC1)c1ccc(C)cc1. The third-order valence-corrected chi connectivity index (χ3v) is 6.04. The van der Waals surface area contributed by atoms with Gasteiger partial charge >= 0.3 is 5.97 Å². The molecule has 1 atom stereocenters. The summed E-state index contributed by atoms with van der Waals surface area (Å²) >= 11 is 0. The number of esters is 1. The van der Waals surface area contributed by atoms with E-state index >= 15 is 0 Å². The van der Waals surface area contributed by atoms with Crippen LogP contribution in [0.15, 0.2) is 34.9 Å². The van der Waals surface area contributed by atoms with E-state index in [-0.39, 0.29) is 37.2 Å². The van der Waals surface area contributed by atoms with Gasteiger partial charge in [0.05, 0.1) is 6.61 Å². The third kappa shape index (κ3) is 7.66. The minimum atomic E-state index is -1.04. The van der Waals surface area contributed by atoms with Crippen LogP contribution in [0.5, 0.6) is 0 Å². The van der Waals surface area contributed by atoms with E-state index in [2.05, 4.69) is 15.8 Å². The maximum absolute atomic E-state index is 13.5. The van der Waals surface area contributed by atoms with E-state index in [1.165, 1.54) is 4.90 Å². The molecular formula is C26H34N4O6. The Kier molecular flexibility index (Phi) is 9.61. The number of aromatic nitrogens is 1. The summed E-state index contributed by atoms with van der Waals surface area (Å²) in [5.74, 6) is -1.14. The molecule has 1 aromatic carbocycles. The first kappa shape index (κ1) is 26.9. The fraction of sp³-hybridized carbons (Fsp3) is 0.500. The molecule has 36 heavy (non-hydrogen) atoms. The van der Waals surface area contributed by atoms with Crippen LogP contribution in [0.25, 0.3) is 0 Å². The van der Waals surface area contributed by atoms with Crippen molar-refractivity contribution in [3.8, 4) is 0 Å². The maximum atomic E-state index is 13.5. The van der Waals surface area contributed by atoms with Crippen molar-refractivity contribution < 1.29 is 28.4 Å². The van der Waals surface area contributed by atoms with E-state index in [4.69, 9.17) is 9.26 Å². The van der Waals surface area contributed by atoms with Crippen LogP contribution in [0.4, 0.5) is 5.82 Å². The minimum absolute atomic E-state index is 0.0293. The first-order valence-electron chi connectivity index (χ1n) is 12.3. The smallest absolute Gasteiger partial charge is 0.325 e. The van der Waals surface area contributed by atoms with Crippen molar-refractivity contribution in [2.45, 2.75) is 71.4 Å². The number of hydrogen-bond acceptors (Lipinski definition) is 7. The summed E-state index contributed by atoms with van der Waals surface area (Å²) in [7, 11) is 0. The van der Waals surface area contributed by atoms with E-state index in [1.54, 1.807) is 32.0 Å². The van der Waals surface area contributed by atoms with Crippen LogP contribution in [0.2, 0.25) is 0 Å². The van der Waals surface area contributed by atoms with Gasteiger partial charge in [-0.1, -0.05) is 47.8 Å². The number of aryl methyl sites for hydroxylation is 2. The molecule has 0 spiro atoms. The topological polar surface area (TPSA) is 131 Å².